The van der Waals surface area contributed by atoms with E-state index >= 15 is 0 Å². The summed E-state index contributed by atoms with van der Waals surface area (Å²) in [4.78, 5) is 18.8. The molecule has 0 fully saturated rings. The standard InChI is InChI=1S/C25H21N3O2/c1-17-7-9-19(10-8-17)22-16-28-20(15-26-22)11-12-23(28)24-21-6-4-3-5-18(21)13-14-27(24)25(29)30-2/h3-16,24H,1-2H3/t24-/m1/s1. The van der Waals surface area contributed by atoms with Crippen molar-refractivity contribution in [2.75, 3.05) is 7.11 Å². The second kappa shape index (κ2) is 7.19. The maximum atomic E-state index is 12.6. The summed E-state index contributed by atoms with van der Waals surface area (Å²) >= 11 is 0. The fourth-order valence-electron chi connectivity index (χ4n) is 4.00. The lowest BCUT2D eigenvalue weighted by molar-refractivity contribution is 0.130. The van der Waals surface area contributed by atoms with Crippen LogP contribution in [0.25, 0.3) is 22.9 Å². The van der Waals surface area contributed by atoms with Gasteiger partial charge in [0.2, 0.25) is 0 Å². The zero-order valence-corrected chi connectivity index (χ0v) is 16.8. The number of amides is 1. The summed E-state index contributed by atoms with van der Waals surface area (Å²) in [6.07, 6.45) is 7.24. The van der Waals surface area contributed by atoms with Crippen molar-refractivity contribution < 1.29 is 9.53 Å². The normalized spacial score (nSPS) is 15.3. The van der Waals surface area contributed by atoms with Gasteiger partial charge in [-0.1, -0.05) is 54.1 Å². The number of methoxy groups -OCH3 is 1. The highest BCUT2D eigenvalue weighted by atomic mass is 16.5. The number of aromatic nitrogens is 2. The molecule has 0 N–H and O–H groups in total. The number of hydrogen-bond donors (Lipinski definition) is 0. The Hall–Kier alpha value is -3.86. The molecular weight excluding hydrogens is 374 g/mol. The fourth-order valence-corrected chi connectivity index (χ4v) is 4.00. The third-order valence-electron chi connectivity index (χ3n) is 5.56. The van der Waals surface area contributed by atoms with Gasteiger partial charge in [-0.25, -0.2) is 4.79 Å². The number of fused-ring (bicyclic) bond motifs is 2. The molecule has 1 aliphatic rings. The van der Waals surface area contributed by atoms with E-state index in [1.807, 2.05) is 42.7 Å². The quantitative estimate of drug-likeness (QED) is 0.453. The zero-order chi connectivity index (χ0) is 20.7. The number of benzene rings is 2. The first-order chi connectivity index (χ1) is 14.7. The van der Waals surface area contributed by atoms with Crippen LogP contribution < -0.4 is 0 Å². The number of carbonyl (C=O) groups excluding carboxylic acids is 1. The Labute approximate surface area is 174 Å². The van der Waals surface area contributed by atoms with Gasteiger partial charge in [-0.15, -0.1) is 0 Å². The molecule has 1 atom stereocenters. The molecule has 2 aromatic carbocycles. The summed E-state index contributed by atoms with van der Waals surface area (Å²) in [5, 5.41) is 0. The SMILES string of the molecule is COC(=O)N1C=Cc2ccccc2[C@@H]1c1ccc2cnc(-c3ccc(C)cc3)cn12. The summed E-state index contributed by atoms with van der Waals surface area (Å²) in [5.41, 5.74) is 7.23. The van der Waals surface area contributed by atoms with Crippen LogP contribution in [0.5, 0.6) is 0 Å². The Balaban J connectivity index is 1.68. The molecule has 0 radical (unpaired) electrons. The van der Waals surface area contributed by atoms with Gasteiger partial charge in [-0.05, 0) is 36.3 Å². The van der Waals surface area contributed by atoms with Crippen molar-refractivity contribution in [3.05, 3.63) is 102 Å². The van der Waals surface area contributed by atoms with Crippen molar-refractivity contribution in [1.82, 2.24) is 14.3 Å². The summed E-state index contributed by atoms with van der Waals surface area (Å²) in [6, 6.07) is 20.2. The van der Waals surface area contributed by atoms with Crippen LogP contribution in [0.3, 0.4) is 0 Å². The Morgan fingerprint density at radius 2 is 1.83 bits per heavy atom. The van der Waals surface area contributed by atoms with E-state index in [4.69, 9.17) is 4.74 Å². The third-order valence-corrected chi connectivity index (χ3v) is 5.56. The van der Waals surface area contributed by atoms with Crippen LogP contribution in [-0.2, 0) is 4.74 Å². The van der Waals surface area contributed by atoms with Crippen molar-refractivity contribution in [3.63, 3.8) is 0 Å². The molecule has 0 spiro atoms. The predicted octanol–water partition coefficient (Wildman–Crippen LogP) is 5.45. The summed E-state index contributed by atoms with van der Waals surface area (Å²) in [6.45, 7) is 2.07. The highest BCUT2D eigenvalue weighted by Gasteiger charge is 2.31. The summed E-state index contributed by atoms with van der Waals surface area (Å²) in [7, 11) is 1.41. The molecule has 5 rings (SSSR count). The van der Waals surface area contributed by atoms with Crippen LogP contribution in [-0.4, -0.2) is 27.5 Å². The molecule has 5 nitrogen and oxygen atoms in total. The number of ether oxygens (including phenoxy) is 1. The van der Waals surface area contributed by atoms with Crippen LogP contribution in [0.15, 0.2) is 79.3 Å². The minimum atomic E-state index is -0.395. The van der Waals surface area contributed by atoms with E-state index in [1.54, 1.807) is 11.1 Å². The molecule has 0 saturated carbocycles. The van der Waals surface area contributed by atoms with Crippen molar-refractivity contribution in [2.24, 2.45) is 0 Å². The van der Waals surface area contributed by atoms with Gasteiger partial charge in [0.1, 0.15) is 6.04 Å². The van der Waals surface area contributed by atoms with Crippen molar-refractivity contribution in [3.8, 4) is 11.3 Å². The van der Waals surface area contributed by atoms with Gasteiger partial charge < -0.3 is 9.14 Å². The Bertz CT molecular complexity index is 1270. The van der Waals surface area contributed by atoms with Gasteiger partial charge in [0.15, 0.2) is 0 Å². The van der Waals surface area contributed by atoms with E-state index in [9.17, 15) is 4.79 Å². The summed E-state index contributed by atoms with van der Waals surface area (Å²) in [5.74, 6) is 0. The molecular formula is C25H21N3O2. The van der Waals surface area contributed by atoms with E-state index in [2.05, 4.69) is 52.7 Å². The lowest BCUT2D eigenvalue weighted by atomic mass is 9.94. The van der Waals surface area contributed by atoms with E-state index < -0.39 is 6.09 Å². The Morgan fingerprint density at radius 1 is 1.03 bits per heavy atom. The van der Waals surface area contributed by atoms with Gasteiger partial charge >= 0.3 is 6.09 Å². The van der Waals surface area contributed by atoms with Gasteiger partial charge in [-0.3, -0.25) is 9.88 Å². The fraction of sp³-hybridized carbons (Fsp3) is 0.120. The molecule has 5 heteroatoms. The topological polar surface area (TPSA) is 46.8 Å². The molecule has 1 aliphatic heterocycles. The zero-order valence-electron chi connectivity index (χ0n) is 16.8. The van der Waals surface area contributed by atoms with E-state index in [0.29, 0.717) is 0 Å². The number of aryl methyl sites for hydroxylation is 1. The molecule has 1 amide bonds. The molecule has 30 heavy (non-hydrogen) atoms. The molecule has 0 bridgehead atoms. The second-order valence-electron chi connectivity index (χ2n) is 7.42. The first-order valence-electron chi connectivity index (χ1n) is 9.83. The number of carbonyl (C=O) groups is 1. The summed E-state index contributed by atoms with van der Waals surface area (Å²) < 4.78 is 7.17. The van der Waals surface area contributed by atoms with Gasteiger partial charge in [0.05, 0.1) is 30.2 Å². The monoisotopic (exact) mass is 395 g/mol. The second-order valence-corrected chi connectivity index (χ2v) is 7.42. The molecule has 0 unspecified atom stereocenters. The van der Waals surface area contributed by atoms with Gasteiger partial charge in [-0.2, -0.15) is 0 Å². The Morgan fingerprint density at radius 3 is 2.63 bits per heavy atom. The number of hydrogen-bond acceptors (Lipinski definition) is 3. The van der Waals surface area contributed by atoms with Crippen LogP contribution >= 0.6 is 0 Å². The average Bonchev–Trinajstić information content (AvgIpc) is 3.21. The number of nitrogens with zero attached hydrogens (tertiary/aromatic N) is 3. The van der Waals surface area contributed by atoms with Crippen LogP contribution in [0.4, 0.5) is 4.79 Å². The first kappa shape index (κ1) is 18.2. The lowest BCUT2D eigenvalue weighted by Crippen LogP contribution is -2.33. The van der Waals surface area contributed by atoms with Crippen molar-refractivity contribution in [2.45, 2.75) is 13.0 Å². The minimum absolute atomic E-state index is 0.297. The maximum absolute atomic E-state index is 12.6. The maximum Gasteiger partial charge on any atom is 0.414 e. The highest BCUT2D eigenvalue weighted by molar-refractivity contribution is 5.75. The van der Waals surface area contributed by atoms with Crippen molar-refractivity contribution >= 4 is 17.7 Å². The average molecular weight is 395 g/mol. The van der Waals surface area contributed by atoms with Crippen LogP contribution in [0.1, 0.15) is 28.4 Å². The van der Waals surface area contributed by atoms with Crippen LogP contribution in [0, 0.1) is 6.92 Å². The van der Waals surface area contributed by atoms with E-state index in [-0.39, 0.29) is 6.04 Å². The molecule has 4 aromatic rings. The number of rotatable bonds is 2. The van der Waals surface area contributed by atoms with Gasteiger partial charge in [0.25, 0.3) is 0 Å². The molecule has 0 aliphatic carbocycles. The molecule has 3 heterocycles. The molecule has 2 aromatic heterocycles. The van der Waals surface area contributed by atoms with Crippen LogP contribution in [0.2, 0.25) is 0 Å². The lowest BCUT2D eigenvalue weighted by Gasteiger charge is -2.32. The highest BCUT2D eigenvalue weighted by Crippen LogP contribution is 2.37. The molecule has 148 valence electrons. The smallest absolute Gasteiger partial charge is 0.414 e. The van der Waals surface area contributed by atoms with E-state index in [0.717, 1.165) is 33.6 Å². The Kier molecular flexibility index (Phi) is 4.36. The largest absolute Gasteiger partial charge is 0.452 e. The molecule has 0 saturated heterocycles. The van der Waals surface area contributed by atoms with E-state index in [1.165, 1.54) is 12.7 Å². The predicted molar refractivity (Wildman–Crippen MR) is 117 cm³/mol. The minimum Gasteiger partial charge on any atom is -0.452 e. The third kappa shape index (κ3) is 2.95. The first-order valence-corrected chi connectivity index (χ1v) is 9.83. The van der Waals surface area contributed by atoms with Crippen molar-refractivity contribution in [1.29, 1.82) is 0 Å². The van der Waals surface area contributed by atoms with Gasteiger partial charge in [0, 0.05) is 18.0 Å².